The lowest BCUT2D eigenvalue weighted by Crippen LogP contribution is -1.98. The van der Waals surface area contributed by atoms with Gasteiger partial charge in [0.05, 0.1) is 23.7 Å². The molecule has 1 aromatic heterocycles. The number of nitrogens with one attached hydrogen (secondary N) is 1. The fraction of sp³-hybridized carbons (Fsp3) is 0.120. The third-order valence-electron chi connectivity index (χ3n) is 4.74. The zero-order chi connectivity index (χ0) is 20.9. The minimum atomic E-state index is 0.446. The summed E-state index contributed by atoms with van der Waals surface area (Å²) in [6.45, 7) is 2.51. The summed E-state index contributed by atoms with van der Waals surface area (Å²) < 4.78 is 11.5. The third-order valence-corrected chi connectivity index (χ3v) is 4.74. The minimum absolute atomic E-state index is 0.446. The average Bonchev–Trinajstić information content (AvgIpc) is 3.20. The molecule has 0 unspecified atom stereocenters. The van der Waals surface area contributed by atoms with Crippen molar-refractivity contribution in [2.75, 3.05) is 7.11 Å². The van der Waals surface area contributed by atoms with Gasteiger partial charge in [-0.3, -0.25) is 0 Å². The third kappa shape index (κ3) is 4.18. The van der Waals surface area contributed by atoms with Crippen LogP contribution in [0.15, 0.2) is 66.7 Å². The summed E-state index contributed by atoms with van der Waals surface area (Å²) in [6, 6.07) is 23.7. The number of aromatic nitrogens is 2. The van der Waals surface area contributed by atoms with Crippen LogP contribution in [0.2, 0.25) is 0 Å². The number of benzene rings is 3. The van der Waals surface area contributed by atoms with Crippen LogP contribution in [-0.2, 0) is 6.61 Å². The van der Waals surface area contributed by atoms with Gasteiger partial charge in [0.2, 0.25) is 0 Å². The molecule has 1 heterocycles. The van der Waals surface area contributed by atoms with E-state index >= 15 is 0 Å². The number of fused-ring (bicyclic) bond motifs is 1. The molecule has 0 spiro atoms. The summed E-state index contributed by atoms with van der Waals surface area (Å²) in [5, 5.41) is 9.65. The first-order chi connectivity index (χ1) is 14.7. The van der Waals surface area contributed by atoms with Crippen LogP contribution in [0.1, 0.15) is 22.5 Å². The first kappa shape index (κ1) is 19.3. The molecule has 1 N–H and O–H groups in total. The number of rotatable bonds is 6. The van der Waals surface area contributed by atoms with E-state index in [0.29, 0.717) is 29.5 Å². The van der Waals surface area contributed by atoms with Crippen LogP contribution in [0.25, 0.3) is 22.7 Å². The van der Waals surface area contributed by atoms with E-state index in [1.807, 2.05) is 54.6 Å². The summed E-state index contributed by atoms with van der Waals surface area (Å²) in [7, 11) is 1.60. The van der Waals surface area contributed by atoms with Gasteiger partial charge in [-0.05, 0) is 48.4 Å². The topological polar surface area (TPSA) is 70.9 Å². The van der Waals surface area contributed by atoms with Gasteiger partial charge in [-0.1, -0.05) is 48.0 Å². The number of H-pyrrole nitrogens is 1. The van der Waals surface area contributed by atoms with Crippen molar-refractivity contribution in [2.24, 2.45) is 0 Å². The van der Waals surface area contributed by atoms with E-state index in [0.717, 1.165) is 22.2 Å². The van der Waals surface area contributed by atoms with Gasteiger partial charge in [0.15, 0.2) is 11.5 Å². The highest BCUT2D eigenvalue weighted by Gasteiger charge is 2.10. The molecule has 0 aliphatic rings. The number of ether oxygens (including phenoxy) is 2. The summed E-state index contributed by atoms with van der Waals surface area (Å²) in [5.74, 6) is 1.80. The maximum atomic E-state index is 9.65. The number of hydrogen-bond donors (Lipinski definition) is 1. The second-order valence-corrected chi connectivity index (χ2v) is 6.96. The van der Waals surface area contributed by atoms with Crippen LogP contribution in [0.4, 0.5) is 0 Å². The summed E-state index contributed by atoms with van der Waals surface area (Å²) in [4.78, 5) is 7.70. The van der Waals surface area contributed by atoms with Crippen molar-refractivity contribution >= 4 is 22.7 Å². The number of nitrogens with zero attached hydrogens (tertiary/aromatic N) is 2. The Morgan fingerprint density at radius 1 is 1.07 bits per heavy atom. The SMILES string of the molecule is COc1cc(/C=C(\C#N)c2nc3ccccc3[nH]2)ccc1OCc1cccc(C)c1. The monoisotopic (exact) mass is 395 g/mol. The Kier molecular flexibility index (Phi) is 5.49. The maximum Gasteiger partial charge on any atom is 0.161 e. The van der Waals surface area contributed by atoms with Gasteiger partial charge in [-0.2, -0.15) is 5.26 Å². The molecule has 4 rings (SSSR count). The van der Waals surface area contributed by atoms with Gasteiger partial charge in [-0.15, -0.1) is 0 Å². The molecule has 0 saturated carbocycles. The highest BCUT2D eigenvalue weighted by molar-refractivity contribution is 5.90. The van der Waals surface area contributed by atoms with Crippen LogP contribution in [0.3, 0.4) is 0 Å². The Labute approximate surface area is 175 Å². The Morgan fingerprint density at radius 3 is 2.70 bits per heavy atom. The standard InChI is InChI=1S/C25H21N3O2/c1-17-6-5-7-19(12-17)16-30-23-11-10-18(14-24(23)29-2)13-20(15-26)25-27-21-8-3-4-9-22(21)28-25/h3-14H,16H2,1-2H3,(H,27,28)/b20-13+. The van der Waals surface area contributed by atoms with E-state index in [4.69, 9.17) is 9.47 Å². The summed E-state index contributed by atoms with van der Waals surface area (Å²) in [5.41, 5.74) is 5.28. The maximum absolute atomic E-state index is 9.65. The number of nitriles is 1. The van der Waals surface area contributed by atoms with E-state index in [-0.39, 0.29) is 0 Å². The van der Waals surface area contributed by atoms with Gasteiger partial charge in [0, 0.05) is 0 Å². The largest absolute Gasteiger partial charge is 0.493 e. The Bertz CT molecular complexity index is 1230. The number of allylic oxidation sites excluding steroid dienone is 1. The first-order valence-electron chi connectivity index (χ1n) is 9.59. The molecule has 5 nitrogen and oxygen atoms in total. The van der Waals surface area contributed by atoms with Crippen molar-refractivity contribution < 1.29 is 9.47 Å². The molecule has 3 aromatic carbocycles. The van der Waals surface area contributed by atoms with E-state index in [1.54, 1.807) is 13.2 Å². The highest BCUT2D eigenvalue weighted by atomic mass is 16.5. The van der Waals surface area contributed by atoms with Gasteiger partial charge >= 0.3 is 0 Å². The molecular formula is C25H21N3O2. The Morgan fingerprint density at radius 2 is 1.93 bits per heavy atom. The molecular weight excluding hydrogens is 374 g/mol. The molecule has 5 heteroatoms. The van der Waals surface area contributed by atoms with Crippen molar-refractivity contribution in [1.29, 1.82) is 5.26 Å². The molecule has 0 aliphatic carbocycles. The predicted octanol–water partition coefficient (Wildman–Crippen LogP) is 5.52. The number of aromatic amines is 1. The smallest absolute Gasteiger partial charge is 0.161 e. The highest BCUT2D eigenvalue weighted by Crippen LogP contribution is 2.30. The lowest BCUT2D eigenvalue weighted by Gasteiger charge is -2.12. The van der Waals surface area contributed by atoms with E-state index in [2.05, 4.69) is 35.1 Å². The Balaban J connectivity index is 1.58. The molecule has 148 valence electrons. The predicted molar refractivity (Wildman–Crippen MR) is 118 cm³/mol. The number of aryl methyl sites for hydroxylation is 1. The second kappa shape index (κ2) is 8.54. The molecule has 0 aliphatic heterocycles. The van der Waals surface area contributed by atoms with Crippen LogP contribution in [0.5, 0.6) is 11.5 Å². The lowest BCUT2D eigenvalue weighted by molar-refractivity contribution is 0.284. The van der Waals surface area contributed by atoms with Crippen molar-refractivity contribution in [1.82, 2.24) is 9.97 Å². The van der Waals surface area contributed by atoms with Crippen LogP contribution >= 0.6 is 0 Å². The van der Waals surface area contributed by atoms with Gasteiger partial charge in [-0.25, -0.2) is 4.98 Å². The minimum Gasteiger partial charge on any atom is -0.493 e. The first-order valence-corrected chi connectivity index (χ1v) is 9.59. The average molecular weight is 395 g/mol. The summed E-state index contributed by atoms with van der Waals surface area (Å²) >= 11 is 0. The molecule has 0 radical (unpaired) electrons. The molecule has 0 saturated heterocycles. The normalized spacial score (nSPS) is 11.3. The van der Waals surface area contributed by atoms with Crippen LogP contribution in [-0.4, -0.2) is 17.1 Å². The Hall–Kier alpha value is -4.04. The van der Waals surface area contributed by atoms with Crippen molar-refractivity contribution in [2.45, 2.75) is 13.5 Å². The molecule has 0 fully saturated rings. The number of imidazole rings is 1. The fourth-order valence-electron chi connectivity index (χ4n) is 3.26. The van der Waals surface area contributed by atoms with Crippen molar-refractivity contribution in [3.05, 3.63) is 89.2 Å². The van der Waals surface area contributed by atoms with E-state index in [9.17, 15) is 5.26 Å². The second-order valence-electron chi connectivity index (χ2n) is 6.96. The van der Waals surface area contributed by atoms with E-state index in [1.165, 1.54) is 5.56 Å². The van der Waals surface area contributed by atoms with Crippen molar-refractivity contribution in [3.63, 3.8) is 0 Å². The zero-order valence-corrected chi connectivity index (χ0v) is 16.8. The van der Waals surface area contributed by atoms with E-state index < -0.39 is 0 Å². The van der Waals surface area contributed by atoms with Gasteiger partial charge < -0.3 is 14.5 Å². The number of hydrogen-bond acceptors (Lipinski definition) is 4. The molecule has 0 amide bonds. The van der Waals surface area contributed by atoms with Crippen LogP contribution < -0.4 is 9.47 Å². The molecule has 30 heavy (non-hydrogen) atoms. The molecule has 4 aromatic rings. The zero-order valence-electron chi connectivity index (χ0n) is 16.8. The van der Waals surface area contributed by atoms with Crippen LogP contribution in [0, 0.1) is 18.3 Å². The fourth-order valence-corrected chi connectivity index (χ4v) is 3.26. The molecule has 0 atom stereocenters. The summed E-state index contributed by atoms with van der Waals surface area (Å²) in [6.07, 6.45) is 1.78. The lowest BCUT2D eigenvalue weighted by atomic mass is 10.1. The van der Waals surface area contributed by atoms with Gasteiger partial charge in [0.25, 0.3) is 0 Å². The molecule has 0 bridgehead atoms. The number of methoxy groups -OCH3 is 1. The quantitative estimate of drug-likeness (QED) is 0.436. The van der Waals surface area contributed by atoms with Crippen molar-refractivity contribution in [3.8, 4) is 17.6 Å². The number of para-hydroxylation sites is 2. The van der Waals surface area contributed by atoms with Gasteiger partial charge in [0.1, 0.15) is 18.5 Å².